The molecule has 3 nitrogen and oxygen atoms in total. The number of sulfone groups is 1. The molecule has 0 radical (unpaired) electrons. The van der Waals surface area contributed by atoms with E-state index in [2.05, 4.69) is 36.5 Å². The fourth-order valence-corrected chi connectivity index (χ4v) is 3.67. The number of thioether (sulfide) groups is 1. The molecule has 5 heteroatoms. The lowest BCUT2D eigenvalue weighted by Crippen LogP contribution is -2.28. The Kier molecular flexibility index (Phi) is 6.89. The molecule has 1 aromatic carbocycles. The molecule has 0 saturated heterocycles. The van der Waals surface area contributed by atoms with Gasteiger partial charge in [0.1, 0.15) is 9.84 Å². The summed E-state index contributed by atoms with van der Waals surface area (Å²) in [5, 5.41) is 3.26. The van der Waals surface area contributed by atoms with Crippen LogP contribution in [0.4, 0.5) is 0 Å². The van der Waals surface area contributed by atoms with Crippen molar-refractivity contribution in [3.63, 3.8) is 0 Å². The first-order valence-electron chi connectivity index (χ1n) is 6.45. The Morgan fingerprint density at radius 1 is 1.37 bits per heavy atom. The van der Waals surface area contributed by atoms with Gasteiger partial charge in [0, 0.05) is 28.7 Å². The largest absolute Gasteiger partial charge is 0.316 e. The molecule has 0 fully saturated rings. The van der Waals surface area contributed by atoms with Crippen LogP contribution in [0.15, 0.2) is 29.2 Å². The van der Waals surface area contributed by atoms with E-state index in [9.17, 15) is 8.42 Å². The molecule has 0 aromatic heterocycles. The van der Waals surface area contributed by atoms with Crippen molar-refractivity contribution in [3.05, 3.63) is 29.8 Å². The second-order valence-electron chi connectivity index (χ2n) is 4.89. The summed E-state index contributed by atoms with van der Waals surface area (Å²) in [6.45, 7) is 2.09. The molecule has 0 aliphatic carbocycles. The summed E-state index contributed by atoms with van der Waals surface area (Å²) >= 11 is 1.81. The second kappa shape index (κ2) is 7.92. The number of benzene rings is 1. The summed E-state index contributed by atoms with van der Waals surface area (Å²) in [7, 11) is -0.903. The fourth-order valence-electron chi connectivity index (χ4n) is 1.80. The van der Waals surface area contributed by atoms with Gasteiger partial charge in [0.2, 0.25) is 0 Å². The average Bonchev–Trinajstić information content (AvgIpc) is 2.32. The van der Waals surface area contributed by atoms with E-state index in [1.807, 2.05) is 18.8 Å². The second-order valence-corrected chi connectivity index (χ2v) is 8.24. The van der Waals surface area contributed by atoms with E-state index in [0.29, 0.717) is 6.04 Å². The van der Waals surface area contributed by atoms with Crippen molar-refractivity contribution >= 4 is 21.6 Å². The summed E-state index contributed by atoms with van der Waals surface area (Å²) in [4.78, 5) is 1.27. The Bertz CT molecular complexity index is 486. The van der Waals surface area contributed by atoms with E-state index in [-0.39, 0.29) is 5.75 Å². The van der Waals surface area contributed by atoms with E-state index in [1.165, 1.54) is 16.7 Å². The van der Waals surface area contributed by atoms with Crippen LogP contribution in [0.25, 0.3) is 0 Å². The van der Waals surface area contributed by atoms with Crippen molar-refractivity contribution in [2.75, 3.05) is 24.8 Å². The molecule has 1 unspecified atom stereocenters. The molecule has 0 bridgehead atoms. The van der Waals surface area contributed by atoms with Crippen molar-refractivity contribution in [3.8, 4) is 0 Å². The zero-order valence-corrected chi connectivity index (χ0v) is 13.5. The Labute approximate surface area is 121 Å². The summed E-state index contributed by atoms with van der Waals surface area (Å²) in [6.07, 6.45) is 2.91. The lowest BCUT2D eigenvalue weighted by atomic mass is 10.2. The van der Waals surface area contributed by atoms with Gasteiger partial charge in [-0.2, -0.15) is 0 Å². The first-order valence-corrected chi connectivity index (χ1v) is 9.50. The maximum absolute atomic E-state index is 11.1. The number of hydrogen-bond donors (Lipinski definition) is 1. The van der Waals surface area contributed by atoms with Gasteiger partial charge in [-0.25, -0.2) is 8.42 Å². The van der Waals surface area contributed by atoms with E-state index >= 15 is 0 Å². The maximum atomic E-state index is 11.1. The van der Waals surface area contributed by atoms with Crippen molar-refractivity contribution in [2.24, 2.45) is 0 Å². The lowest BCUT2D eigenvalue weighted by Gasteiger charge is -2.15. The minimum atomic E-state index is -2.84. The van der Waals surface area contributed by atoms with Crippen LogP contribution in [0.5, 0.6) is 0 Å². The molecule has 0 aliphatic heterocycles. The van der Waals surface area contributed by atoms with Crippen LogP contribution < -0.4 is 5.32 Å². The van der Waals surface area contributed by atoms with Crippen LogP contribution in [-0.2, 0) is 9.84 Å². The number of nitrogens with one attached hydrogen (secondary N) is 1. The Balaban J connectivity index is 2.36. The quantitative estimate of drug-likeness (QED) is 0.749. The van der Waals surface area contributed by atoms with Gasteiger partial charge in [0.15, 0.2) is 0 Å². The highest BCUT2D eigenvalue weighted by atomic mass is 32.2. The molecule has 1 rings (SSSR count). The molecule has 1 N–H and O–H groups in total. The van der Waals surface area contributed by atoms with Gasteiger partial charge < -0.3 is 5.32 Å². The zero-order valence-electron chi connectivity index (χ0n) is 11.8. The van der Waals surface area contributed by atoms with Crippen LogP contribution in [0.3, 0.4) is 0 Å². The highest BCUT2D eigenvalue weighted by Crippen LogP contribution is 2.20. The van der Waals surface area contributed by atoms with Gasteiger partial charge in [-0.3, -0.25) is 0 Å². The van der Waals surface area contributed by atoms with Gasteiger partial charge in [-0.05, 0) is 38.9 Å². The lowest BCUT2D eigenvalue weighted by molar-refractivity contribution is 0.556. The van der Waals surface area contributed by atoms with Crippen LogP contribution in [-0.4, -0.2) is 39.3 Å². The Hall–Kier alpha value is -0.520. The maximum Gasteiger partial charge on any atom is 0.147 e. The van der Waals surface area contributed by atoms with E-state index in [0.717, 1.165) is 18.6 Å². The van der Waals surface area contributed by atoms with Crippen LogP contribution >= 0.6 is 11.8 Å². The topological polar surface area (TPSA) is 46.2 Å². The third-order valence-corrected chi connectivity index (χ3v) is 5.10. The first kappa shape index (κ1) is 16.5. The van der Waals surface area contributed by atoms with Crippen LogP contribution in [0.2, 0.25) is 0 Å². The average molecular weight is 301 g/mol. The van der Waals surface area contributed by atoms with Crippen molar-refractivity contribution in [1.82, 2.24) is 5.32 Å². The molecule has 1 atom stereocenters. The van der Waals surface area contributed by atoms with E-state index in [4.69, 9.17) is 0 Å². The van der Waals surface area contributed by atoms with E-state index < -0.39 is 9.84 Å². The molecule has 108 valence electrons. The predicted octanol–water partition coefficient (Wildman–Crippen LogP) is 2.50. The molecule has 19 heavy (non-hydrogen) atoms. The normalized spacial score (nSPS) is 13.4. The van der Waals surface area contributed by atoms with Crippen molar-refractivity contribution in [2.45, 2.75) is 30.7 Å². The third kappa shape index (κ3) is 7.60. The first-order chi connectivity index (χ1) is 8.90. The van der Waals surface area contributed by atoms with Crippen LogP contribution in [0, 0.1) is 6.92 Å². The van der Waals surface area contributed by atoms with Crippen molar-refractivity contribution in [1.29, 1.82) is 0 Å². The summed E-state index contributed by atoms with van der Waals surface area (Å²) < 4.78 is 22.2. The summed E-state index contributed by atoms with van der Waals surface area (Å²) in [6, 6.07) is 8.79. The fraction of sp³-hybridized carbons (Fsp3) is 0.571. The summed E-state index contributed by atoms with van der Waals surface area (Å²) in [5.41, 5.74) is 1.27. The van der Waals surface area contributed by atoms with Gasteiger partial charge in [-0.15, -0.1) is 11.8 Å². The van der Waals surface area contributed by atoms with E-state index in [1.54, 1.807) is 0 Å². The highest BCUT2D eigenvalue weighted by Gasteiger charge is 2.09. The Morgan fingerprint density at radius 2 is 2.11 bits per heavy atom. The molecule has 1 aromatic rings. The Morgan fingerprint density at radius 3 is 2.68 bits per heavy atom. The standard InChI is InChI=1S/C14H23NO2S2/c1-12-6-4-8-14(10-12)18-11-13(15-2)7-5-9-19(3,16)17/h4,6,8,10,13,15H,5,7,9,11H2,1-3H3. The van der Waals surface area contributed by atoms with Gasteiger partial charge in [-0.1, -0.05) is 17.7 Å². The third-order valence-electron chi connectivity index (χ3n) is 2.92. The molecule has 0 spiro atoms. The number of rotatable bonds is 8. The molecular weight excluding hydrogens is 278 g/mol. The van der Waals surface area contributed by atoms with Crippen molar-refractivity contribution < 1.29 is 8.42 Å². The monoisotopic (exact) mass is 301 g/mol. The minimum absolute atomic E-state index is 0.278. The smallest absolute Gasteiger partial charge is 0.147 e. The van der Waals surface area contributed by atoms with Gasteiger partial charge in [0.05, 0.1) is 0 Å². The minimum Gasteiger partial charge on any atom is -0.316 e. The van der Waals surface area contributed by atoms with Gasteiger partial charge >= 0.3 is 0 Å². The van der Waals surface area contributed by atoms with Crippen LogP contribution in [0.1, 0.15) is 18.4 Å². The molecule has 0 aliphatic rings. The molecular formula is C14H23NO2S2. The number of aryl methyl sites for hydroxylation is 1. The summed E-state index contributed by atoms with van der Waals surface area (Å²) in [5.74, 6) is 1.24. The zero-order chi connectivity index (χ0) is 14.3. The highest BCUT2D eigenvalue weighted by molar-refractivity contribution is 7.99. The molecule has 0 amide bonds. The predicted molar refractivity (Wildman–Crippen MR) is 83.7 cm³/mol. The molecule has 0 heterocycles. The SMILES string of the molecule is CNC(CCCS(C)(=O)=O)CSc1cccc(C)c1. The molecule has 0 saturated carbocycles. The van der Waals surface area contributed by atoms with Gasteiger partial charge in [0.25, 0.3) is 0 Å². The number of hydrogen-bond acceptors (Lipinski definition) is 4.